The number of anilines is 2. The van der Waals surface area contributed by atoms with Gasteiger partial charge in [-0.05, 0) is 42.5 Å². The van der Waals surface area contributed by atoms with Crippen molar-refractivity contribution in [2.24, 2.45) is 0 Å². The van der Waals surface area contributed by atoms with Crippen LogP contribution in [0, 0.1) is 0 Å². The fourth-order valence-electron chi connectivity index (χ4n) is 2.31. The Kier molecular flexibility index (Phi) is 4.76. The Morgan fingerprint density at radius 1 is 0.640 bits per heavy atom. The zero-order chi connectivity index (χ0) is 17.6. The molecule has 0 atom stereocenters. The van der Waals surface area contributed by atoms with Crippen LogP contribution < -0.4 is 10.6 Å². The second-order valence-electron chi connectivity index (χ2n) is 5.41. The Morgan fingerprint density at radius 2 is 1.20 bits per heavy atom. The number of para-hydroxylation sites is 1. The average Bonchev–Trinajstić information content (AvgIpc) is 2.62. The fourth-order valence-corrected chi connectivity index (χ4v) is 2.31. The van der Waals surface area contributed by atoms with Gasteiger partial charge in [0.15, 0.2) is 0 Å². The van der Waals surface area contributed by atoms with Crippen LogP contribution in [0.15, 0.2) is 78.9 Å². The molecule has 2 amide bonds. The van der Waals surface area contributed by atoms with Gasteiger partial charge in [-0.1, -0.05) is 30.3 Å². The normalized spacial score (nSPS) is 10.1. The molecule has 0 aromatic heterocycles. The van der Waals surface area contributed by atoms with E-state index in [-0.39, 0.29) is 17.6 Å². The first kappa shape index (κ1) is 16.3. The lowest BCUT2D eigenvalue weighted by atomic mass is 10.1. The average molecular weight is 332 g/mol. The summed E-state index contributed by atoms with van der Waals surface area (Å²) in [6.45, 7) is 0. The van der Waals surface area contributed by atoms with Crippen molar-refractivity contribution >= 4 is 23.2 Å². The van der Waals surface area contributed by atoms with Gasteiger partial charge in [0, 0.05) is 28.6 Å². The van der Waals surface area contributed by atoms with Crippen LogP contribution in [0.4, 0.5) is 11.4 Å². The summed E-state index contributed by atoms with van der Waals surface area (Å²) in [5.74, 6) is -0.591. The molecule has 5 heteroatoms. The molecule has 124 valence electrons. The van der Waals surface area contributed by atoms with Crippen molar-refractivity contribution in [3.63, 3.8) is 0 Å². The zero-order valence-corrected chi connectivity index (χ0v) is 13.3. The third-order valence-electron chi connectivity index (χ3n) is 3.52. The van der Waals surface area contributed by atoms with Crippen LogP contribution in [0.25, 0.3) is 0 Å². The Morgan fingerprint density at radius 3 is 1.84 bits per heavy atom. The Balaban J connectivity index is 1.74. The smallest absolute Gasteiger partial charge is 0.255 e. The van der Waals surface area contributed by atoms with E-state index in [1.807, 2.05) is 18.2 Å². The molecule has 3 rings (SSSR count). The Labute approximate surface area is 144 Å². The molecule has 0 bridgehead atoms. The SMILES string of the molecule is O=C(Nc1ccccc1)c1cccc(C(=O)Nc2cccc(O)c2)c1. The van der Waals surface area contributed by atoms with Crippen LogP contribution in [0.2, 0.25) is 0 Å². The summed E-state index contributed by atoms with van der Waals surface area (Å²) in [6, 6.07) is 21.8. The highest BCUT2D eigenvalue weighted by Crippen LogP contribution is 2.17. The number of nitrogens with one attached hydrogen (secondary N) is 2. The molecule has 0 aliphatic carbocycles. The van der Waals surface area contributed by atoms with Gasteiger partial charge in [0.1, 0.15) is 5.75 Å². The van der Waals surface area contributed by atoms with E-state index in [4.69, 9.17) is 0 Å². The number of hydrogen-bond acceptors (Lipinski definition) is 3. The number of phenolic OH excluding ortho intramolecular Hbond substituents is 1. The van der Waals surface area contributed by atoms with Crippen molar-refractivity contribution in [3.05, 3.63) is 90.0 Å². The van der Waals surface area contributed by atoms with Crippen molar-refractivity contribution in [3.8, 4) is 5.75 Å². The number of carbonyl (C=O) groups is 2. The summed E-state index contributed by atoms with van der Waals surface area (Å²) in [5, 5.41) is 14.9. The number of aromatic hydroxyl groups is 1. The van der Waals surface area contributed by atoms with Crippen molar-refractivity contribution in [2.75, 3.05) is 10.6 Å². The molecule has 0 heterocycles. The van der Waals surface area contributed by atoms with Gasteiger partial charge in [0.25, 0.3) is 11.8 Å². The van der Waals surface area contributed by atoms with E-state index in [0.29, 0.717) is 22.5 Å². The standard InChI is InChI=1S/C20H16N2O3/c23-18-11-5-10-17(13-18)22-20(25)15-7-4-6-14(12-15)19(24)21-16-8-2-1-3-9-16/h1-13,23H,(H,21,24)(H,22,25). The number of carbonyl (C=O) groups excluding carboxylic acids is 2. The molecule has 0 spiro atoms. The van der Waals surface area contributed by atoms with E-state index in [9.17, 15) is 14.7 Å². The Bertz CT molecular complexity index is 908. The number of rotatable bonds is 4. The topological polar surface area (TPSA) is 78.4 Å². The predicted octanol–water partition coefficient (Wildman–Crippen LogP) is 3.90. The zero-order valence-electron chi connectivity index (χ0n) is 13.3. The lowest BCUT2D eigenvalue weighted by Crippen LogP contribution is -2.15. The molecular formula is C20H16N2O3. The highest BCUT2D eigenvalue weighted by atomic mass is 16.3. The highest BCUT2D eigenvalue weighted by Gasteiger charge is 2.11. The van der Waals surface area contributed by atoms with Gasteiger partial charge >= 0.3 is 0 Å². The predicted molar refractivity (Wildman–Crippen MR) is 96.9 cm³/mol. The number of phenols is 1. The minimum absolute atomic E-state index is 0.0637. The molecule has 5 nitrogen and oxygen atoms in total. The van der Waals surface area contributed by atoms with Crippen LogP contribution in [-0.4, -0.2) is 16.9 Å². The quantitative estimate of drug-likeness (QED) is 0.678. The van der Waals surface area contributed by atoms with Crippen molar-refractivity contribution in [2.45, 2.75) is 0 Å². The molecule has 0 saturated carbocycles. The minimum Gasteiger partial charge on any atom is -0.508 e. The lowest BCUT2D eigenvalue weighted by Gasteiger charge is -2.08. The molecule has 0 aliphatic heterocycles. The second-order valence-corrected chi connectivity index (χ2v) is 5.41. The van der Waals surface area contributed by atoms with E-state index in [0.717, 1.165) is 0 Å². The van der Waals surface area contributed by atoms with Gasteiger partial charge in [0.2, 0.25) is 0 Å². The maximum atomic E-state index is 12.3. The molecule has 0 unspecified atom stereocenters. The number of hydrogen-bond donors (Lipinski definition) is 3. The molecular weight excluding hydrogens is 316 g/mol. The van der Waals surface area contributed by atoms with E-state index < -0.39 is 0 Å². The highest BCUT2D eigenvalue weighted by molar-refractivity contribution is 6.08. The summed E-state index contributed by atoms with van der Waals surface area (Å²) >= 11 is 0. The van der Waals surface area contributed by atoms with Gasteiger partial charge in [-0.15, -0.1) is 0 Å². The van der Waals surface area contributed by atoms with Crippen LogP contribution in [0.3, 0.4) is 0 Å². The van der Waals surface area contributed by atoms with Gasteiger partial charge < -0.3 is 15.7 Å². The summed E-state index contributed by atoms with van der Waals surface area (Å²) in [4.78, 5) is 24.7. The maximum Gasteiger partial charge on any atom is 0.255 e. The molecule has 3 N–H and O–H groups in total. The van der Waals surface area contributed by atoms with Gasteiger partial charge in [-0.25, -0.2) is 0 Å². The van der Waals surface area contributed by atoms with Crippen LogP contribution in [0.5, 0.6) is 5.75 Å². The van der Waals surface area contributed by atoms with Crippen LogP contribution in [-0.2, 0) is 0 Å². The Hall–Kier alpha value is -3.60. The first-order valence-electron chi connectivity index (χ1n) is 7.69. The first-order chi connectivity index (χ1) is 12.1. The maximum absolute atomic E-state index is 12.3. The van der Waals surface area contributed by atoms with Gasteiger partial charge in [-0.2, -0.15) is 0 Å². The van der Waals surface area contributed by atoms with Gasteiger partial charge in [0.05, 0.1) is 0 Å². The molecule has 0 radical (unpaired) electrons. The lowest BCUT2D eigenvalue weighted by molar-refractivity contribution is 0.102. The third kappa shape index (κ3) is 4.23. The van der Waals surface area contributed by atoms with E-state index >= 15 is 0 Å². The minimum atomic E-state index is -0.361. The molecule has 25 heavy (non-hydrogen) atoms. The fraction of sp³-hybridized carbons (Fsp3) is 0. The summed E-state index contributed by atoms with van der Waals surface area (Å²) in [6.07, 6.45) is 0. The van der Waals surface area contributed by atoms with Crippen molar-refractivity contribution in [1.29, 1.82) is 0 Å². The van der Waals surface area contributed by atoms with Crippen LogP contribution >= 0.6 is 0 Å². The molecule has 0 aliphatic rings. The molecule has 3 aromatic carbocycles. The molecule has 0 fully saturated rings. The summed E-state index contributed by atoms with van der Waals surface area (Å²) < 4.78 is 0. The monoisotopic (exact) mass is 332 g/mol. The largest absolute Gasteiger partial charge is 0.508 e. The summed E-state index contributed by atoms with van der Waals surface area (Å²) in [7, 11) is 0. The molecule has 0 saturated heterocycles. The van der Waals surface area contributed by atoms with E-state index in [1.165, 1.54) is 18.2 Å². The van der Waals surface area contributed by atoms with E-state index in [2.05, 4.69) is 10.6 Å². The first-order valence-corrected chi connectivity index (χ1v) is 7.69. The number of amides is 2. The number of benzene rings is 3. The van der Waals surface area contributed by atoms with Crippen LogP contribution in [0.1, 0.15) is 20.7 Å². The molecule has 3 aromatic rings. The van der Waals surface area contributed by atoms with Crippen molar-refractivity contribution in [1.82, 2.24) is 0 Å². The third-order valence-corrected chi connectivity index (χ3v) is 3.52. The van der Waals surface area contributed by atoms with Gasteiger partial charge in [-0.3, -0.25) is 9.59 Å². The van der Waals surface area contributed by atoms with Crippen molar-refractivity contribution < 1.29 is 14.7 Å². The van der Waals surface area contributed by atoms with E-state index in [1.54, 1.807) is 42.5 Å². The second kappa shape index (κ2) is 7.31. The summed E-state index contributed by atoms with van der Waals surface area (Å²) in [5.41, 5.74) is 1.89.